The average molecular weight is 1180 g/mol. The highest BCUT2D eigenvalue weighted by Gasteiger charge is 2.20. The number of hydrogen-bond acceptors (Lipinski definition) is 5. The van der Waals surface area contributed by atoms with Crippen LogP contribution in [0.5, 0.6) is 0 Å². The second-order valence-corrected chi connectivity index (χ2v) is 26.3. The molecule has 0 aliphatic carbocycles. The Morgan fingerprint density at radius 3 is 0.929 bits per heavy atom. The lowest BCUT2D eigenvalue weighted by molar-refractivity contribution is -0.143. The van der Waals surface area contributed by atoms with Gasteiger partial charge in [-0.2, -0.15) is 0 Å². The Labute approximate surface area is 525 Å². The van der Waals surface area contributed by atoms with Crippen LogP contribution in [0.1, 0.15) is 425 Å². The summed E-state index contributed by atoms with van der Waals surface area (Å²) in [6.07, 6.45) is 95.0. The van der Waals surface area contributed by atoms with Crippen molar-refractivity contribution in [1.82, 2.24) is 5.32 Å². The van der Waals surface area contributed by atoms with E-state index in [-0.39, 0.29) is 18.5 Å². The van der Waals surface area contributed by atoms with Gasteiger partial charge < -0.3 is 20.3 Å². The molecule has 0 saturated carbocycles. The molecule has 2 unspecified atom stereocenters. The molecule has 0 fully saturated rings. The smallest absolute Gasteiger partial charge is 0.305 e. The van der Waals surface area contributed by atoms with Crippen molar-refractivity contribution < 1.29 is 24.5 Å². The fourth-order valence-electron chi connectivity index (χ4n) is 12.1. The molecule has 3 N–H and O–H groups in total. The summed E-state index contributed by atoms with van der Waals surface area (Å²) >= 11 is 0. The molecule has 0 heterocycles. The maximum Gasteiger partial charge on any atom is 0.305 e. The fraction of sp³-hybridized carbons (Fsp3) is 0.897. The summed E-state index contributed by atoms with van der Waals surface area (Å²) in [6.45, 7) is 4.97. The van der Waals surface area contributed by atoms with E-state index in [0.717, 1.165) is 51.4 Å². The second-order valence-electron chi connectivity index (χ2n) is 26.3. The average Bonchev–Trinajstić information content (AvgIpc) is 3.51. The van der Waals surface area contributed by atoms with Crippen LogP contribution < -0.4 is 5.32 Å². The van der Waals surface area contributed by atoms with Crippen LogP contribution >= 0.6 is 0 Å². The molecule has 0 aliphatic heterocycles. The summed E-state index contributed by atoms with van der Waals surface area (Å²) in [6, 6.07) is -0.541. The van der Waals surface area contributed by atoms with Gasteiger partial charge in [0.05, 0.1) is 25.4 Å². The molecule has 0 aromatic heterocycles. The molecule has 1 amide bonds. The predicted octanol–water partition coefficient (Wildman–Crippen LogP) is 25.0. The van der Waals surface area contributed by atoms with Crippen molar-refractivity contribution in [2.24, 2.45) is 0 Å². The number of unbranched alkanes of at least 4 members (excludes halogenated alkanes) is 55. The van der Waals surface area contributed by atoms with Crippen LogP contribution in [0.4, 0.5) is 0 Å². The van der Waals surface area contributed by atoms with Gasteiger partial charge in [-0.15, -0.1) is 0 Å². The van der Waals surface area contributed by atoms with Gasteiger partial charge >= 0.3 is 5.97 Å². The van der Waals surface area contributed by atoms with Gasteiger partial charge in [-0.1, -0.05) is 365 Å². The lowest BCUT2D eigenvalue weighted by atomic mass is 10.0. The van der Waals surface area contributed by atoms with Crippen molar-refractivity contribution >= 4 is 11.9 Å². The molecule has 0 spiro atoms. The first kappa shape index (κ1) is 82.1. The summed E-state index contributed by atoms with van der Waals surface area (Å²) < 4.78 is 5.49. The molecular weight excluding hydrogens is 1030 g/mol. The number of carbonyl (C=O) groups excluding carboxylic acids is 2. The van der Waals surface area contributed by atoms with Crippen LogP contribution in [0.15, 0.2) is 36.5 Å². The van der Waals surface area contributed by atoms with Crippen molar-refractivity contribution in [1.29, 1.82) is 0 Å². The Morgan fingerprint density at radius 2 is 0.595 bits per heavy atom. The number of nitrogens with one attached hydrogen (secondary N) is 1. The molecule has 0 aromatic rings. The SMILES string of the molecule is CCCCCC/C=C\C/C=C\CCCCCCCC(=O)OCCCCCCCCCCCCCC/C=C\CCCCCCCCCCCCCCCCCC(=O)NC(CO)C(O)CCCCCCCCCCCCCCCCCCCCCC. The topological polar surface area (TPSA) is 95.9 Å². The van der Waals surface area contributed by atoms with Crippen LogP contribution in [0.25, 0.3) is 0 Å². The quantitative estimate of drug-likeness (QED) is 0.0320. The maximum absolute atomic E-state index is 12.6. The molecule has 6 heteroatoms. The normalized spacial score (nSPS) is 12.7. The molecule has 2 atom stereocenters. The molecule has 6 nitrogen and oxygen atoms in total. The Hall–Kier alpha value is -1.92. The van der Waals surface area contributed by atoms with Gasteiger partial charge in [0.25, 0.3) is 0 Å². The molecule has 0 aliphatic rings. The molecule has 0 rings (SSSR count). The number of aliphatic hydroxyl groups is 2. The van der Waals surface area contributed by atoms with Crippen molar-refractivity contribution in [3.8, 4) is 0 Å². The van der Waals surface area contributed by atoms with Crippen LogP contribution in [0.3, 0.4) is 0 Å². The van der Waals surface area contributed by atoms with E-state index in [1.54, 1.807) is 0 Å². The number of allylic oxidation sites excluding steroid dienone is 6. The number of carbonyl (C=O) groups is 2. The first-order chi connectivity index (χ1) is 41.5. The second kappa shape index (κ2) is 73.5. The third-order valence-corrected chi connectivity index (χ3v) is 17.9. The van der Waals surface area contributed by atoms with E-state index in [1.165, 1.54) is 340 Å². The van der Waals surface area contributed by atoms with Crippen LogP contribution in [-0.4, -0.2) is 47.4 Å². The monoisotopic (exact) mass is 1180 g/mol. The van der Waals surface area contributed by atoms with Crippen molar-refractivity contribution in [3.63, 3.8) is 0 Å². The molecule has 0 bridgehead atoms. The van der Waals surface area contributed by atoms with E-state index in [9.17, 15) is 19.8 Å². The number of aliphatic hydroxyl groups excluding tert-OH is 2. The van der Waals surface area contributed by atoms with E-state index >= 15 is 0 Å². The standard InChI is InChI=1S/C78H149NO5/c1-3-5-7-9-11-13-15-17-19-21-22-36-39-42-46-50-54-58-62-66-70-76(81)75(74-80)79-77(82)71-67-63-59-55-51-47-43-40-37-34-32-30-28-26-24-23-25-27-29-31-33-35-38-41-45-49-53-57-61-65-69-73-84-78(83)72-68-64-60-56-52-48-44-20-18-16-14-12-10-8-6-4-2/h14,16,20,25,27,44,75-76,80-81H,3-13,15,17-19,21-24,26,28-43,45-74H2,1-2H3,(H,79,82)/b16-14-,27-25-,44-20-. The highest BCUT2D eigenvalue weighted by molar-refractivity contribution is 5.76. The Morgan fingerprint density at radius 1 is 0.333 bits per heavy atom. The molecule has 496 valence electrons. The zero-order valence-corrected chi connectivity index (χ0v) is 56.9. The number of ether oxygens (including phenoxy) is 1. The van der Waals surface area contributed by atoms with Crippen molar-refractivity contribution in [2.75, 3.05) is 13.2 Å². The minimum Gasteiger partial charge on any atom is -0.466 e. The van der Waals surface area contributed by atoms with Crippen LogP contribution in [0, 0.1) is 0 Å². The van der Waals surface area contributed by atoms with E-state index in [2.05, 4.69) is 55.6 Å². The highest BCUT2D eigenvalue weighted by Crippen LogP contribution is 2.19. The third kappa shape index (κ3) is 69.2. The number of amides is 1. The lowest BCUT2D eigenvalue weighted by Gasteiger charge is -2.22. The zero-order chi connectivity index (χ0) is 60.6. The minimum absolute atomic E-state index is 0.00482. The van der Waals surface area contributed by atoms with E-state index in [1.807, 2.05) is 0 Å². The van der Waals surface area contributed by atoms with Gasteiger partial charge in [0, 0.05) is 12.8 Å². The lowest BCUT2D eigenvalue weighted by Crippen LogP contribution is -2.45. The maximum atomic E-state index is 12.6. The summed E-state index contributed by atoms with van der Waals surface area (Å²) in [5, 5.41) is 23.4. The number of rotatable bonds is 72. The molecule has 0 radical (unpaired) electrons. The Kier molecular flexibility index (Phi) is 71.9. The first-order valence-electron chi connectivity index (χ1n) is 38.2. The van der Waals surface area contributed by atoms with E-state index in [0.29, 0.717) is 25.9 Å². The number of hydrogen-bond donors (Lipinski definition) is 3. The van der Waals surface area contributed by atoms with Crippen LogP contribution in [-0.2, 0) is 14.3 Å². The van der Waals surface area contributed by atoms with Crippen molar-refractivity contribution in [3.05, 3.63) is 36.5 Å². The molecule has 0 aromatic carbocycles. The van der Waals surface area contributed by atoms with Crippen LogP contribution in [0.2, 0.25) is 0 Å². The molecular formula is C78H149NO5. The minimum atomic E-state index is -0.664. The van der Waals surface area contributed by atoms with E-state index < -0.39 is 12.1 Å². The third-order valence-electron chi connectivity index (χ3n) is 17.9. The zero-order valence-electron chi connectivity index (χ0n) is 56.9. The van der Waals surface area contributed by atoms with Gasteiger partial charge in [-0.05, 0) is 83.5 Å². The van der Waals surface area contributed by atoms with Gasteiger partial charge in [-0.25, -0.2) is 0 Å². The number of esters is 1. The summed E-state index contributed by atoms with van der Waals surface area (Å²) in [4.78, 5) is 24.6. The molecule has 0 saturated heterocycles. The predicted molar refractivity (Wildman–Crippen MR) is 370 cm³/mol. The summed E-state index contributed by atoms with van der Waals surface area (Å²) in [7, 11) is 0. The Bertz CT molecular complexity index is 1360. The van der Waals surface area contributed by atoms with Gasteiger partial charge in [0.1, 0.15) is 0 Å². The van der Waals surface area contributed by atoms with Gasteiger partial charge in [0.15, 0.2) is 0 Å². The van der Waals surface area contributed by atoms with Crippen molar-refractivity contribution in [2.45, 2.75) is 437 Å². The summed E-state index contributed by atoms with van der Waals surface area (Å²) in [5.74, 6) is -0.0237. The van der Waals surface area contributed by atoms with E-state index in [4.69, 9.17) is 4.74 Å². The van der Waals surface area contributed by atoms with Gasteiger partial charge in [-0.3, -0.25) is 9.59 Å². The fourth-order valence-corrected chi connectivity index (χ4v) is 12.1. The highest BCUT2D eigenvalue weighted by atomic mass is 16.5. The molecule has 84 heavy (non-hydrogen) atoms. The van der Waals surface area contributed by atoms with Gasteiger partial charge in [0.2, 0.25) is 5.91 Å². The first-order valence-corrected chi connectivity index (χ1v) is 38.2. The summed E-state index contributed by atoms with van der Waals surface area (Å²) in [5.41, 5.74) is 0. The largest absolute Gasteiger partial charge is 0.466 e. The Balaban J connectivity index is 3.36.